The molecule has 1 aromatic rings. The van der Waals surface area contributed by atoms with Gasteiger partial charge in [0, 0.05) is 6.92 Å². The van der Waals surface area contributed by atoms with E-state index in [1.54, 1.807) is 6.07 Å². The Morgan fingerprint density at radius 1 is 1.50 bits per heavy atom. The van der Waals surface area contributed by atoms with Crippen LogP contribution in [0.2, 0.25) is 0 Å². The molecule has 0 spiro atoms. The molecule has 0 fully saturated rings. The summed E-state index contributed by atoms with van der Waals surface area (Å²) in [4.78, 5) is 21.9. The Bertz CT molecular complexity index is 413. The molecule has 16 heavy (non-hydrogen) atoms. The zero-order valence-corrected chi connectivity index (χ0v) is 9.66. The van der Waals surface area contributed by atoms with Crippen molar-refractivity contribution in [2.75, 3.05) is 12.4 Å². The highest BCUT2D eigenvalue weighted by atomic mass is 16.5. The molecule has 0 atom stereocenters. The van der Waals surface area contributed by atoms with Crippen LogP contribution >= 0.6 is 0 Å². The first-order valence-electron chi connectivity index (χ1n) is 5.06. The van der Waals surface area contributed by atoms with E-state index in [-0.39, 0.29) is 5.91 Å². The lowest BCUT2D eigenvalue weighted by molar-refractivity contribution is -0.114. The number of hydrogen-bond acceptors (Lipinski definition) is 3. The van der Waals surface area contributed by atoms with Crippen LogP contribution in [0.1, 0.15) is 29.8 Å². The van der Waals surface area contributed by atoms with Crippen LogP contribution in [0.5, 0.6) is 5.75 Å². The summed E-state index contributed by atoms with van der Waals surface area (Å²) in [5.74, 6) is 0.214. The topological polar surface area (TPSA) is 55.4 Å². The van der Waals surface area contributed by atoms with Crippen molar-refractivity contribution in [2.24, 2.45) is 0 Å². The molecule has 0 bridgehead atoms. The van der Waals surface area contributed by atoms with E-state index in [9.17, 15) is 9.59 Å². The molecule has 1 amide bonds. The van der Waals surface area contributed by atoms with Crippen molar-refractivity contribution < 1.29 is 14.3 Å². The lowest BCUT2D eigenvalue weighted by Crippen LogP contribution is -2.09. The molecule has 0 aliphatic heterocycles. The smallest absolute Gasteiger partial charge is 0.221 e. The van der Waals surface area contributed by atoms with Crippen molar-refractivity contribution in [1.82, 2.24) is 0 Å². The van der Waals surface area contributed by atoms with Crippen molar-refractivity contribution >= 4 is 17.9 Å². The van der Waals surface area contributed by atoms with Crippen LogP contribution in [0.25, 0.3) is 0 Å². The maximum Gasteiger partial charge on any atom is 0.221 e. The van der Waals surface area contributed by atoms with Crippen LogP contribution in [-0.4, -0.2) is 19.3 Å². The summed E-state index contributed by atoms with van der Waals surface area (Å²) < 4.78 is 5.12. The number of carbonyl (C=O) groups excluding carboxylic acids is 2. The summed E-state index contributed by atoms with van der Waals surface area (Å²) in [5, 5.41) is 2.65. The van der Waals surface area contributed by atoms with Gasteiger partial charge in [-0.3, -0.25) is 9.59 Å². The highest BCUT2D eigenvalue weighted by Gasteiger charge is 2.11. The summed E-state index contributed by atoms with van der Waals surface area (Å²) in [6.45, 7) is 3.40. The predicted molar refractivity (Wildman–Crippen MR) is 62.1 cm³/mol. The molecule has 0 aromatic heterocycles. The molecule has 1 aromatic carbocycles. The van der Waals surface area contributed by atoms with Crippen LogP contribution in [0.15, 0.2) is 12.1 Å². The Kier molecular flexibility index (Phi) is 4.05. The van der Waals surface area contributed by atoms with Gasteiger partial charge in [0.1, 0.15) is 0 Å². The largest absolute Gasteiger partial charge is 0.494 e. The van der Waals surface area contributed by atoms with Gasteiger partial charge in [-0.25, -0.2) is 0 Å². The van der Waals surface area contributed by atoms with Crippen LogP contribution in [0, 0.1) is 0 Å². The van der Waals surface area contributed by atoms with Crippen LogP contribution in [0.4, 0.5) is 5.69 Å². The molecule has 0 aliphatic carbocycles. The van der Waals surface area contributed by atoms with Gasteiger partial charge < -0.3 is 10.1 Å². The fraction of sp³-hybridized carbons (Fsp3) is 0.333. The van der Waals surface area contributed by atoms with Crippen LogP contribution in [0.3, 0.4) is 0 Å². The summed E-state index contributed by atoms with van der Waals surface area (Å²) in [7, 11) is 1.47. The second-order valence-corrected chi connectivity index (χ2v) is 3.42. The molecule has 0 radical (unpaired) electrons. The molecule has 0 saturated heterocycles. The average Bonchev–Trinajstić information content (AvgIpc) is 2.27. The Labute approximate surface area is 94.6 Å². The molecule has 0 unspecified atom stereocenters. The van der Waals surface area contributed by atoms with Crippen LogP contribution in [-0.2, 0) is 11.2 Å². The number of methoxy groups -OCH3 is 1. The normalized spacial score (nSPS) is 9.69. The molecule has 0 aliphatic rings. The first kappa shape index (κ1) is 12.2. The number of amides is 1. The van der Waals surface area contributed by atoms with Crippen molar-refractivity contribution in [3.05, 3.63) is 23.3 Å². The van der Waals surface area contributed by atoms with Crippen LogP contribution < -0.4 is 10.1 Å². The van der Waals surface area contributed by atoms with E-state index in [1.807, 2.05) is 13.0 Å². The van der Waals surface area contributed by atoms with E-state index in [1.165, 1.54) is 14.0 Å². The van der Waals surface area contributed by atoms with E-state index < -0.39 is 0 Å². The molecule has 4 heteroatoms. The van der Waals surface area contributed by atoms with Gasteiger partial charge in [0.15, 0.2) is 12.0 Å². The third-order valence-electron chi connectivity index (χ3n) is 2.23. The average molecular weight is 221 g/mol. The van der Waals surface area contributed by atoms with Crippen molar-refractivity contribution in [3.63, 3.8) is 0 Å². The summed E-state index contributed by atoms with van der Waals surface area (Å²) in [6.07, 6.45) is 1.51. The molecule has 0 heterocycles. The number of carbonyl (C=O) groups is 2. The highest BCUT2D eigenvalue weighted by Crippen LogP contribution is 2.29. The minimum atomic E-state index is -0.191. The zero-order valence-electron chi connectivity index (χ0n) is 9.66. The van der Waals surface area contributed by atoms with Gasteiger partial charge in [-0.15, -0.1) is 0 Å². The second kappa shape index (κ2) is 5.30. The number of anilines is 1. The van der Waals surface area contributed by atoms with Crippen molar-refractivity contribution in [3.8, 4) is 5.75 Å². The third kappa shape index (κ3) is 2.59. The number of hydrogen-bond donors (Lipinski definition) is 1. The van der Waals surface area contributed by atoms with Gasteiger partial charge in [-0.2, -0.15) is 0 Å². The Hall–Kier alpha value is -1.84. The maximum atomic E-state index is 11.0. The Morgan fingerprint density at radius 3 is 2.62 bits per heavy atom. The van der Waals surface area contributed by atoms with Crippen molar-refractivity contribution in [1.29, 1.82) is 0 Å². The van der Waals surface area contributed by atoms with Gasteiger partial charge in [-0.05, 0) is 24.1 Å². The van der Waals surface area contributed by atoms with Gasteiger partial charge in [-0.1, -0.05) is 6.92 Å². The molecule has 4 nitrogen and oxygen atoms in total. The quantitative estimate of drug-likeness (QED) is 0.791. The zero-order chi connectivity index (χ0) is 12.1. The maximum absolute atomic E-state index is 11.0. The van der Waals surface area contributed by atoms with E-state index >= 15 is 0 Å². The number of aldehydes is 1. The van der Waals surface area contributed by atoms with Gasteiger partial charge in [0.05, 0.1) is 18.4 Å². The fourth-order valence-electron chi connectivity index (χ4n) is 1.52. The first-order valence-corrected chi connectivity index (χ1v) is 5.06. The first-order chi connectivity index (χ1) is 7.62. The Morgan fingerprint density at radius 2 is 2.19 bits per heavy atom. The minimum absolute atomic E-state index is 0.191. The number of ether oxygens (including phenoxy) is 1. The SMILES string of the molecule is CCc1cc(C=O)c(OC)c(NC(C)=O)c1. The minimum Gasteiger partial charge on any atom is -0.494 e. The number of benzene rings is 1. The third-order valence-corrected chi connectivity index (χ3v) is 2.23. The Balaban J connectivity index is 3.30. The van der Waals surface area contributed by atoms with E-state index in [0.29, 0.717) is 17.0 Å². The molecule has 0 saturated carbocycles. The summed E-state index contributed by atoms with van der Waals surface area (Å²) in [6, 6.07) is 3.57. The van der Waals surface area contributed by atoms with Gasteiger partial charge in [0.25, 0.3) is 0 Å². The van der Waals surface area contributed by atoms with Gasteiger partial charge >= 0.3 is 0 Å². The van der Waals surface area contributed by atoms with Crippen molar-refractivity contribution in [2.45, 2.75) is 20.3 Å². The molecule has 86 valence electrons. The van der Waals surface area contributed by atoms with E-state index in [4.69, 9.17) is 4.74 Å². The lowest BCUT2D eigenvalue weighted by atomic mass is 10.1. The highest BCUT2D eigenvalue weighted by molar-refractivity contribution is 5.94. The number of rotatable bonds is 4. The lowest BCUT2D eigenvalue weighted by Gasteiger charge is -2.12. The number of nitrogens with one attached hydrogen (secondary N) is 1. The molecule has 1 rings (SSSR count). The number of aryl methyl sites for hydroxylation is 1. The summed E-state index contributed by atoms with van der Waals surface area (Å²) in [5.41, 5.74) is 1.97. The second-order valence-electron chi connectivity index (χ2n) is 3.42. The summed E-state index contributed by atoms with van der Waals surface area (Å²) >= 11 is 0. The van der Waals surface area contributed by atoms with Gasteiger partial charge in [0.2, 0.25) is 5.91 Å². The molecule has 1 N–H and O–H groups in total. The predicted octanol–water partition coefficient (Wildman–Crippen LogP) is 2.03. The molecular formula is C12H15NO3. The van der Waals surface area contributed by atoms with E-state index in [0.717, 1.165) is 18.3 Å². The molecular weight excluding hydrogens is 206 g/mol. The van der Waals surface area contributed by atoms with E-state index in [2.05, 4.69) is 5.32 Å². The monoisotopic (exact) mass is 221 g/mol. The fourth-order valence-corrected chi connectivity index (χ4v) is 1.52. The standard InChI is InChI=1S/C12H15NO3/c1-4-9-5-10(7-14)12(16-3)11(6-9)13-8(2)15/h5-7H,4H2,1-3H3,(H,13,15).